The van der Waals surface area contributed by atoms with Gasteiger partial charge in [-0.3, -0.25) is 5.43 Å². The average molecular weight is 485 g/mol. The number of hydrogen-bond acceptors (Lipinski definition) is 5. The molecule has 174 valence electrons. The number of oxazole rings is 1. The molecule has 34 heavy (non-hydrogen) atoms. The van der Waals surface area contributed by atoms with E-state index in [2.05, 4.69) is 25.6 Å². The van der Waals surface area contributed by atoms with Gasteiger partial charge in [-0.2, -0.15) is 5.10 Å². The van der Waals surface area contributed by atoms with Gasteiger partial charge in [0.1, 0.15) is 11.3 Å². The van der Waals surface area contributed by atoms with Gasteiger partial charge in [-0.05, 0) is 85.2 Å². The lowest BCUT2D eigenvalue weighted by molar-refractivity contribution is -0.274. The summed E-state index contributed by atoms with van der Waals surface area (Å²) in [4.78, 5) is 4.42. The van der Waals surface area contributed by atoms with Gasteiger partial charge in [0.25, 0.3) is 0 Å². The molecule has 4 rings (SSSR count). The molecule has 0 saturated heterocycles. The number of benzene rings is 3. The molecule has 4 aromatic rings. The molecule has 0 aliphatic rings. The van der Waals surface area contributed by atoms with Crippen LogP contribution in [0.2, 0.25) is 0 Å². The van der Waals surface area contributed by atoms with E-state index >= 15 is 0 Å². The Morgan fingerprint density at radius 2 is 1.76 bits per heavy atom. The number of ether oxygens (including phenoxy) is 1. The Morgan fingerprint density at radius 3 is 2.44 bits per heavy atom. The first kappa shape index (κ1) is 23.2. The fourth-order valence-electron chi connectivity index (χ4n) is 3.27. The highest BCUT2D eigenvalue weighted by Crippen LogP contribution is 2.28. The quantitative estimate of drug-likeness (QED) is 0.196. The molecular weight excluding hydrogens is 465 g/mol. The second kappa shape index (κ2) is 9.52. The number of hydrazone groups is 1. The van der Waals surface area contributed by atoms with Crippen LogP contribution >= 0.6 is 12.2 Å². The van der Waals surface area contributed by atoms with Crippen molar-refractivity contribution in [2.75, 3.05) is 5.32 Å². The van der Waals surface area contributed by atoms with E-state index in [4.69, 9.17) is 16.6 Å². The minimum atomic E-state index is -4.74. The maximum absolute atomic E-state index is 12.3. The van der Waals surface area contributed by atoms with E-state index in [1.165, 1.54) is 24.3 Å². The molecule has 0 atom stereocenters. The SMILES string of the molecule is Cc1cccc(C)c1NC(=S)NN=Cc1ccc2oc(-c3ccc(OC(F)(F)F)cc3)nc2c1. The molecular formula is C24H19F3N4O2S. The van der Waals surface area contributed by atoms with Crippen LogP contribution in [-0.4, -0.2) is 22.7 Å². The lowest BCUT2D eigenvalue weighted by atomic mass is 10.1. The van der Waals surface area contributed by atoms with Crippen molar-refractivity contribution in [3.05, 3.63) is 77.4 Å². The van der Waals surface area contributed by atoms with Crippen LogP contribution in [0.4, 0.5) is 18.9 Å². The van der Waals surface area contributed by atoms with Crippen LogP contribution in [0.15, 0.2) is 70.2 Å². The van der Waals surface area contributed by atoms with E-state index in [0.29, 0.717) is 21.8 Å². The van der Waals surface area contributed by atoms with Crippen LogP contribution in [0.25, 0.3) is 22.6 Å². The van der Waals surface area contributed by atoms with Crippen LogP contribution in [-0.2, 0) is 0 Å². The van der Waals surface area contributed by atoms with Crippen molar-refractivity contribution < 1.29 is 22.3 Å². The number of alkyl halides is 3. The molecule has 0 spiro atoms. The Balaban J connectivity index is 1.43. The number of nitrogens with zero attached hydrogens (tertiary/aromatic N) is 2. The van der Waals surface area contributed by atoms with E-state index in [0.717, 1.165) is 22.4 Å². The van der Waals surface area contributed by atoms with E-state index in [-0.39, 0.29) is 11.6 Å². The molecule has 0 fully saturated rings. The lowest BCUT2D eigenvalue weighted by Gasteiger charge is -2.12. The van der Waals surface area contributed by atoms with Crippen molar-refractivity contribution in [3.63, 3.8) is 0 Å². The number of hydrogen-bond donors (Lipinski definition) is 2. The molecule has 3 aromatic carbocycles. The molecule has 0 unspecified atom stereocenters. The van der Waals surface area contributed by atoms with Gasteiger partial charge < -0.3 is 14.5 Å². The van der Waals surface area contributed by atoms with Crippen LogP contribution in [0.1, 0.15) is 16.7 Å². The highest BCUT2D eigenvalue weighted by atomic mass is 32.1. The summed E-state index contributed by atoms with van der Waals surface area (Å²) in [5.74, 6) is -0.0388. The van der Waals surface area contributed by atoms with E-state index in [1.54, 1.807) is 24.4 Å². The minimum absolute atomic E-state index is 0.278. The van der Waals surface area contributed by atoms with Crippen LogP contribution in [0.3, 0.4) is 0 Å². The number of para-hydroxylation sites is 1. The molecule has 0 aliphatic heterocycles. The fourth-order valence-corrected chi connectivity index (χ4v) is 3.42. The van der Waals surface area contributed by atoms with Crippen molar-refractivity contribution in [2.45, 2.75) is 20.2 Å². The fraction of sp³-hybridized carbons (Fsp3) is 0.125. The van der Waals surface area contributed by atoms with Crippen molar-refractivity contribution in [2.24, 2.45) is 5.10 Å². The van der Waals surface area contributed by atoms with Crippen LogP contribution < -0.4 is 15.5 Å². The Kier molecular flexibility index (Phi) is 6.51. The number of anilines is 1. The second-order valence-corrected chi connectivity index (χ2v) is 7.82. The monoisotopic (exact) mass is 484 g/mol. The van der Waals surface area contributed by atoms with E-state index in [1.807, 2.05) is 32.0 Å². The zero-order valence-corrected chi connectivity index (χ0v) is 18.9. The first-order valence-corrected chi connectivity index (χ1v) is 10.5. The third-order valence-corrected chi connectivity index (χ3v) is 5.04. The zero-order valence-electron chi connectivity index (χ0n) is 18.1. The summed E-state index contributed by atoms with van der Waals surface area (Å²) in [5, 5.41) is 7.66. The number of rotatable bonds is 5. The number of fused-ring (bicyclic) bond motifs is 1. The first-order valence-electron chi connectivity index (χ1n) is 10.1. The number of aryl methyl sites for hydroxylation is 2. The average Bonchev–Trinajstić information content (AvgIpc) is 3.19. The summed E-state index contributed by atoms with van der Waals surface area (Å²) in [6, 6.07) is 16.6. The molecule has 0 amide bonds. The molecule has 2 N–H and O–H groups in total. The van der Waals surface area contributed by atoms with E-state index in [9.17, 15) is 13.2 Å². The Hall–Kier alpha value is -3.92. The Labute approximate surface area is 198 Å². The Morgan fingerprint density at radius 1 is 1.06 bits per heavy atom. The highest BCUT2D eigenvalue weighted by molar-refractivity contribution is 7.80. The third-order valence-electron chi connectivity index (χ3n) is 4.85. The van der Waals surface area contributed by atoms with Crippen molar-refractivity contribution in [3.8, 4) is 17.2 Å². The summed E-state index contributed by atoms with van der Waals surface area (Å²) in [6.45, 7) is 3.99. The molecule has 1 aromatic heterocycles. The second-order valence-electron chi connectivity index (χ2n) is 7.41. The van der Waals surface area contributed by atoms with Gasteiger partial charge in [-0.15, -0.1) is 13.2 Å². The van der Waals surface area contributed by atoms with Gasteiger partial charge >= 0.3 is 6.36 Å². The summed E-state index contributed by atoms with van der Waals surface area (Å²) in [5.41, 5.74) is 8.25. The number of aromatic nitrogens is 1. The molecule has 0 aliphatic carbocycles. The van der Waals surface area contributed by atoms with Gasteiger partial charge in [0.15, 0.2) is 10.7 Å². The van der Waals surface area contributed by atoms with Crippen LogP contribution in [0, 0.1) is 13.8 Å². The lowest BCUT2D eigenvalue weighted by Crippen LogP contribution is -2.24. The normalized spacial score (nSPS) is 11.7. The van der Waals surface area contributed by atoms with Gasteiger partial charge in [0.2, 0.25) is 5.89 Å². The van der Waals surface area contributed by atoms with Crippen LogP contribution in [0.5, 0.6) is 5.75 Å². The predicted octanol–water partition coefficient (Wildman–Crippen LogP) is 6.33. The van der Waals surface area contributed by atoms with Gasteiger partial charge in [-0.1, -0.05) is 18.2 Å². The Bertz CT molecular complexity index is 1340. The molecule has 0 bridgehead atoms. The molecule has 6 nitrogen and oxygen atoms in total. The summed E-state index contributed by atoms with van der Waals surface area (Å²) >= 11 is 5.31. The largest absolute Gasteiger partial charge is 0.573 e. The van der Waals surface area contributed by atoms with Gasteiger partial charge in [-0.25, -0.2) is 4.98 Å². The van der Waals surface area contributed by atoms with Crippen molar-refractivity contribution in [1.82, 2.24) is 10.4 Å². The maximum atomic E-state index is 12.3. The molecule has 1 heterocycles. The summed E-state index contributed by atoms with van der Waals surface area (Å²) in [6.07, 6.45) is -3.15. The summed E-state index contributed by atoms with van der Waals surface area (Å²) in [7, 11) is 0. The smallest absolute Gasteiger partial charge is 0.436 e. The van der Waals surface area contributed by atoms with E-state index < -0.39 is 6.36 Å². The molecule has 0 saturated carbocycles. The predicted molar refractivity (Wildman–Crippen MR) is 129 cm³/mol. The first-order chi connectivity index (χ1) is 16.2. The third kappa shape index (κ3) is 5.70. The maximum Gasteiger partial charge on any atom is 0.573 e. The zero-order chi connectivity index (χ0) is 24.3. The topological polar surface area (TPSA) is 71.7 Å². The minimum Gasteiger partial charge on any atom is -0.436 e. The number of nitrogens with one attached hydrogen (secondary N) is 2. The van der Waals surface area contributed by atoms with Crippen molar-refractivity contribution in [1.29, 1.82) is 0 Å². The van der Waals surface area contributed by atoms with Gasteiger partial charge in [0.05, 0.1) is 6.21 Å². The summed E-state index contributed by atoms with van der Waals surface area (Å²) < 4.78 is 46.6. The standard InChI is InChI=1S/C24H19F3N4O2S/c1-14-4-3-5-15(2)21(14)30-23(34)31-28-13-16-6-11-20-19(12-16)29-22(32-20)17-7-9-18(10-8-17)33-24(25,26)27/h3-13H,1-2H3,(H2,30,31,34). The molecule has 0 radical (unpaired) electrons. The molecule has 10 heteroatoms. The highest BCUT2D eigenvalue weighted by Gasteiger charge is 2.31. The van der Waals surface area contributed by atoms with Crippen molar-refractivity contribution >= 4 is 40.3 Å². The number of halogens is 3. The van der Waals surface area contributed by atoms with Gasteiger partial charge in [0, 0.05) is 11.3 Å². The number of thiocarbonyl (C=S) groups is 1.